The summed E-state index contributed by atoms with van der Waals surface area (Å²) in [6.07, 6.45) is 8.33. The molecule has 8 nitrogen and oxygen atoms in total. The molecule has 1 saturated heterocycles. The molecule has 2 aromatic heterocycles. The first-order chi connectivity index (χ1) is 17.0. The van der Waals surface area contributed by atoms with E-state index in [1.54, 1.807) is 18.3 Å². The van der Waals surface area contributed by atoms with E-state index in [1.807, 2.05) is 12.1 Å². The largest absolute Gasteiger partial charge is 0.481 e. The summed E-state index contributed by atoms with van der Waals surface area (Å²) in [6.45, 7) is 1.78. The number of nitrogens with one attached hydrogen (secondary N) is 1. The van der Waals surface area contributed by atoms with Crippen molar-refractivity contribution >= 4 is 11.8 Å². The Labute approximate surface area is 203 Å². The molecular formula is C26H30FN5O3. The zero-order valence-corrected chi connectivity index (χ0v) is 19.6. The average Bonchev–Trinajstić information content (AvgIpc) is 3.36. The van der Waals surface area contributed by atoms with E-state index in [1.165, 1.54) is 12.1 Å². The number of aromatic nitrogens is 4. The molecule has 1 aliphatic heterocycles. The van der Waals surface area contributed by atoms with Gasteiger partial charge in [-0.3, -0.25) is 9.89 Å². The summed E-state index contributed by atoms with van der Waals surface area (Å²) < 4.78 is 19.5. The summed E-state index contributed by atoms with van der Waals surface area (Å²) in [5.74, 6) is 1.38. The van der Waals surface area contributed by atoms with Crippen LogP contribution in [0.15, 0.2) is 42.6 Å². The first-order valence-electron chi connectivity index (χ1n) is 12.3. The fraction of sp³-hybridized carbons (Fsp3) is 0.462. The highest BCUT2D eigenvalue weighted by atomic mass is 19.1. The maximum atomic E-state index is 13.2. The second kappa shape index (κ2) is 10.5. The Bertz CT molecular complexity index is 1120. The predicted octanol–water partition coefficient (Wildman–Crippen LogP) is 4.69. The average molecular weight is 480 g/mol. The molecule has 9 heteroatoms. The molecule has 0 spiro atoms. The van der Waals surface area contributed by atoms with Gasteiger partial charge in [-0.1, -0.05) is 0 Å². The number of aromatic amines is 1. The van der Waals surface area contributed by atoms with Gasteiger partial charge in [0.25, 0.3) is 0 Å². The number of carbonyl (C=O) groups is 1. The van der Waals surface area contributed by atoms with Crippen LogP contribution in [0.2, 0.25) is 0 Å². The van der Waals surface area contributed by atoms with E-state index in [0.29, 0.717) is 17.6 Å². The minimum absolute atomic E-state index is 0.255. The molecule has 0 radical (unpaired) electrons. The number of ether oxygens (including phenoxy) is 1. The summed E-state index contributed by atoms with van der Waals surface area (Å²) >= 11 is 0. The fourth-order valence-corrected chi connectivity index (χ4v) is 5.04. The molecule has 5 rings (SSSR count). The van der Waals surface area contributed by atoms with Crippen LogP contribution in [0.3, 0.4) is 0 Å². The second-order valence-corrected chi connectivity index (χ2v) is 9.48. The normalized spacial score (nSPS) is 21.2. The number of piperidine rings is 1. The minimum atomic E-state index is -0.695. The Balaban J connectivity index is 1.11. The smallest absolute Gasteiger partial charge is 0.303 e. The number of benzene rings is 1. The maximum absolute atomic E-state index is 13.2. The third kappa shape index (κ3) is 5.85. The molecule has 1 aromatic carbocycles. The molecule has 2 N–H and O–H groups in total. The first-order valence-corrected chi connectivity index (χ1v) is 12.3. The molecule has 0 unspecified atom stereocenters. The van der Waals surface area contributed by atoms with Crippen molar-refractivity contribution in [2.24, 2.45) is 5.92 Å². The van der Waals surface area contributed by atoms with E-state index in [-0.39, 0.29) is 24.4 Å². The van der Waals surface area contributed by atoms with Crippen molar-refractivity contribution < 1.29 is 19.0 Å². The van der Waals surface area contributed by atoms with Gasteiger partial charge in [0.15, 0.2) is 11.6 Å². The predicted molar refractivity (Wildman–Crippen MR) is 129 cm³/mol. The minimum Gasteiger partial charge on any atom is -0.481 e. The zero-order chi connectivity index (χ0) is 24.2. The highest BCUT2D eigenvalue weighted by Crippen LogP contribution is 2.31. The lowest BCUT2D eigenvalue weighted by atomic mass is 9.85. The summed E-state index contributed by atoms with van der Waals surface area (Å²) in [4.78, 5) is 22.3. The molecule has 0 bridgehead atoms. The molecule has 2 aliphatic rings. The van der Waals surface area contributed by atoms with Gasteiger partial charge < -0.3 is 14.7 Å². The molecule has 3 aromatic rings. The van der Waals surface area contributed by atoms with E-state index in [4.69, 9.17) is 9.84 Å². The molecule has 2 fully saturated rings. The number of nitrogens with zero attached hydrogens (tertiary/aromatic N) is 4. The zero-order valence-electron chi connectivity index (χ0n) is 19.6. The van der Waals surface area contributed by atoms with Crippen molar-refractivity contribution in [3.63, 3.8) is 0 Å². The van der Waals surface area contributed by atoms with Crippen LogP contribution in [0.4, 0.5) is 10.2 Å². The Kier molecular flexibility index (Phi) is 7.03. The number of rotatable bonds is 7. The van der Waals surface area contributed by atoms with Crippen LogP contribution in [0.25, 0.3) is 22.8 Å². The number of anilines is 1. The summed E-state index contributed by atoms with van der Waals surface area (Å²) in [5.41, 5.74) is 1.59. The van der Waals surface area contributed by atoms with Gasteiger partial charge in [0.05, 0.1) is 12.2 Å². The van der Waals surface area contributed by atoms with Crippen molar-refractivity contribution in [1.29, 1.82) is 0 Å². The van der Waals surface area contributed by atoms with Crippen molar-refractivity contribution in [3.8, 4) is 22.8 Å². The first kappa shape index (κ1) is 23.4. The fourth-order valence-electron chi connectivity index (χ4n) is 5.04. The quantitative estimate of drug-likeness (QED) is 0.506. The number of H-pyrrole nitrogens is 1. The van der Waals surface area contributed by atoms with Gasteiger partial charge >= 0.3 is 5.97 Å². The van der Waals surface area contributed by atoms with Crippen LogP contribution in [0, 0.1) is 11.7 Å². The lowest BCUT2D eigenvalue weighted by Crippen LogP contribution is -2.39. The lowest BCUT2D eigenvalue weighted by Gasteiger charge is -2.36. The standard InChI is InChI=1S/C26H30FN5O3/c27-20-6-3-18(4-7-20)25-29-26(31-30-25)19-5-10-23(28-16-19)32-13-11-22(12-14-32)35-21-8-1-17(2-9-21)15-24(33)34/h3-7,10,16-17,21-22H,1-2,8-9,11-15H2,(H,33,34)(H,29,30,31)/t17-,21+. The lowest BCUT2D eigenvalue weighted by molar-refractivity contribution is -0.138. The molecule has 1 saturated carbocycles. The molecule has 3 heterocycles. The van der Waals surface area contributed by atoms with Crippen LogP contribution >= 0.6 is 0 Å². The molecule has 184 valence electrons. The maximum Gasteiger partial charge on any atom is 0.303 e. The van der Waals surface area contributed by atoms with Crippen LogP contribution < -0.4 is 4.90 Å². The van der Waals surface area contributed by atoms with Crippen LogP contribution in [-0.2, 0) is 9.53 Å². The van der Waals surface area contributed by atoms with E-state index >= 15 is 0 Å². The third-order valence-electron chi connectivity index (χ3n) is 7.02. The SMILES string of the molecule is O=C(O)C[C@H]1CC[C@@H](OC2CCN(c3ccc(-c4nc(-c5ccc(F)cc5)n[nH]4)cn3)CC2)CC1. The van der Waals surface area contributed by atoms with Gasteiger partial charge in [0.1, 0.15) is 11.6 Å². The Morgan fingerprint density at radius 3 is 2.34 bits per heavy atom. The van der Waals surface area contributed by atoms with Crippen LogP contribution in [0.1, 0.15) is 44.9 Å². The number of halogens is 1. The monoisotopic (exact) mass is 479 g/mol. The van der Waals surface area contributed by atoms with E-state index < -0.39 is 5.97 Å². The summed E-state index contributed by atoms with van der Waals surface area (Å²) in [6, 6.07) is 10.1. The van der Waals surface area contributed by atoms with Crippen molar-refractivity contribution in [3.05, 3.63) is 48.4 Å². The molecular weight excluding hydrogens is 449 g/mol. The van der Waals surface area contributed by atoms with Crippen LogP contribution in [0.5, 0.6) is 0 Å². The van der Waals surface area contributed by atoms with Crippen LogP contribution in [-0.4, -0.2) is 56.5 Å². The summed E-state index contributed by atoms with van der Waals surface area (Å²) in [5, 5.41) is 16.2. The van der Waals surface area contributed by atoms with Gasteiger partial charge in [0.2, 0.25) is 0 Å². The number of hydrogen-bond donors (Lipinski definition) is 2. The number of carboxylic acids is 1. The molecule has 0 atom stereocenters. The van der Waals surface area contributed by atoms with E-state index in [0.717, 1.165) is 68.6 Å². The Morgan fingerprint density at radius 2 is 1.69 bits per heavy atom. The molecule has 1 aliphatic carbocycles. The molecule has 35 heavy (non-hydrogen) atoms. The van der Waals surface area contributed by atoms with E-state index in [9.17, 15) is 9.18 Å². The van der Waals surface area contributed by atoms with Crippen molar-refractivity contribution in [1.82, 2.24) is 20.2 Å². The highest BCUT2D eigenvalue weighted by molar-refractivity contribution is 5.67. The van der Waals surface area contributed by atoms with Gasteiger partial charge in [-0.15, -0.1) is 0 Å². The number of aliphatic carboxylic acids is 1. The Morgan fingerprint density at radius 1 is 1.00 bits per heavy atom. The third-order valence-corrected chi connectivity index (χ3v) is 7.02. The van der Waals surface area contributed by atoms with Gasteiger partial charge in [-0.05, 0) is 80.8 Å². The second-order valence-electron chi connectivity index (χ2n) is 9.48. The van der Waals surface area contributed by atoms with Gasteiger partial charge in [-0.25, -0.2) is 14.4 Å². The topological polar surface area (TPSA) is 104 Å². The summed E-state index contributed by atoms with van der Waals surface area (Å²) in [7, 11) is 0. The molecule has 0 amide bonds. The van der Waals surface area contributed by atoms with Crippen molar-refractivity contribution in [2.75, 3.05) is 18.0 Å². The van der Waals surface area contributed by atoms with Crippen molar-refractivity contribution in [2.45, 2.75) is 57.2 Å². The number of carboxylic acid groups (broad SMARTS) is 1. The van der Waals surface area contributed by atoms with Gasteiger partial charge in [-0.2, -0.15) is 5.10 Å². The number of pyridine rings is 1. The van der Waals surface area contributed by atoms with E-state index in [2.05, 4.69) is 25.1 Å². The van der Waals surface area contributed by atoms with Gasteiger partial charge in [0, 0.05) is 36.8 Å². The highest BCUT2D eigenvalue weighted by Gasteiger charge is 2.28. The Hall–Kier alpha value is -3.33. The number of hydrogen-bond acceptors (Lipinski definition) is 6.